The summed E-state index contributed by atoms with van der Waals surface area (Å²) >= 11 is 0. The minimum atomic E-state index is -1.68. The maximum atomic E-state index is 10.1. The Hall–Kier alpha value is -0.530. The molecule has 6 nitrogen and oxygen atoms in total. The molecule has 0 aliphatic heterocycles. The average molecular weight is 221 g/mol. The zero-order valence-corrected chi connectivity index (χ0v) is 8.71. The Balaban J connectivity index is 3.95. The van der Waals surface area contributed by atoms with Gasteiger partial charge in [0.05, 0.1) is 6.10 Å². The minimum absolute atomic E-state index is 0.0949. The monoisotopic (exact) mass is 221 g/mol. The van der Waals surface area contributed by atoms with Crippen LogP contribution in [0.3, 0.4) is 0 Å². The molecule has 90 valence electrons. The Bertz CT molecular complexity index is 178. The first-order valence-corrected chi connectivity index (χ1v) is 4.92. The molecule has 5 N–H and O–H groups in total. The number of aliphatic hydroxyl groups is 4. The van der Waals surface area contributed by atoms with E-state index in [-0.39, 0.29) is 12.8 Å². The number of aldehydes is 1. The van der Waals surface area contributed by atoms with Crippen LogP contribution in [-0.2, 0) is 4.79 Å². The van der Waals surface area contributed by atoms with E-state index < -0.39 is 24.4 Å². The largest absolute Gasteiger partial charge is 0.389 e. The third-order valence-corrected chi connectivity index (χ3v) is 2.01. The number of hydrogen-bond donors (Lipinski definition) is 5. The van der Waals surface area contributed by atoms with Crippen LogP contribution in [-0.4, -0.2) is 64.2 Å². The summed E-state index contributed by atoms with van der Waals surface area (Å²) in [6.45, 7) is 2.72. The average Bonchev–Trinajstić information content (AvgIpc) is 2.26. The van der Waals surface area contributed by atoms with Gasteiger partial charge in [-0.05, 0) is 13.0 Å². The van der Waals surface area contributed by atoms with Gasteiger partial charge in [-0.25, -0.2) is 0 Å². The molecule has 15 heavy (non-hydrogen) atoms. The first-order valence-electron chi connectivity index (χ1n) is 4.92. The lowest BCUT2D eigenvalue weighted by Crippen LogP contribution is -2.48. The quantitative estimate of drug-likeness (QED) is 0.231. The van der Waals surface area contributed by atoms with Crippen molar-refractivity contribution in [3.05, 3.63) is 0 Å². The second kappa shape index (κ2) is 7.72. The molecule has 0 aliphatic carbocycles. The van der Waals surface area contributed by atoms with Gasteiger partial charge in [0.25, 0.3) is 0 Å². The maximum Gasteiger partial charge on any atom is 0.151 e. The van der Waals surface area contributed by atoms with Crippen molar-refractivity contribution in [2.75, 3.05) is 13.1 Å². The highest BCUT2D eigenvalue weighted by atomic mass is 16.4. The van der Waals surface area contributed by atoms with Gasteiger partial charge in [0.15, 0.2) is 6.29 Å². The molecule has 0 fully saturated rings. The highest BCUT2D eigenvalue weighted by Gasteiger charge is 2.29. The molecule has 0 bridgehead atoms. The van der Waals surface area contributed by atoms with E-state index in [2.05, 4.69) is 5.32 Å². The summed E-state index contributed by atoms with van der Waals surface area (Å²) in [5.41, 5.74) is 0. The molecule has 0 aromatic rings. The van der Waals surface area contributed by atoms with E-state index in [1.54, 1.807) is 0 Å². The summed E-state index contributed by atoms with van der Waals surface area (Å²) in [4.78, 5) is 10.1. The smallest absolute Gasteiger partial charge is 0.151 e. The lowest BCUT2D eigenvalue weighted by Gasteiger charge is -2.24. The predicted octanol–water partition coefficient (Wildman–Crippen LogP) is -2.37. The molecule has 0 heterocycles. The maximum absolute atomic E-state index is 10.1. The Morgan fingerprint density at radius 3 is 2.27 bits per heavy atom. The van der Waals surface area contributed by atoms with Crippen LogP contribution in [0.15, 0.2) is 0 Å². The second-order valence-electron chi connectivity index (χ2n) is 3.38. The van der Waals surface area contributed by atoms with Gasteiger partial charge in [-0.15, -0.1) is 0 Å². The van der Waals surface area contributed by atoms with Crippen molar-refractivity contribution in [3.8, 4) is 0 Å². The summed E-state index contributed by atoms with van der Waals surface area (Å²) in [5, 5.41) is 39.6. The normalized spacial score (nSPS) is 19.3. The molecule has 0 amide bonds. The lowest BCUT2D eigenvalue weighted by molar-refractivity contribution is -0.133. The molecule has 0 saturated carbocycles. The van der Waals surface area contributed by atoms with Gasteiger partial charge in [0.2, 0.25) is 0 Å². The van der Waals surface area contributed by atoms with E-state index in [1.165, 1.54) is 0 Å². The standard InChI is InChI=1S/C9H19NO5/c1-2-3-10-4-6(12)8(14)9(15)7(13)5-11/h5-10,12-15H,2-4H2,1H3/t6-,7+,8-,9-/m1/s1. The van der Waals surface area contributed by atoms with Gasteiger partial charge in [-0.1, -0.05) is 6.92 Å². The van der Waals surface area contributed by atoms with Gasteiger partial charge < -0.3 is 30.5 Å². The minimum Gasteiger partial charge on any atom is -0.389 e. The Kier molecular flexibility index (Phi) is 7.45. The fourth-order valence-corrected chi connectivity index (χ4v) is 1.06. The zero-order chi connectivity index (χ0) is 11.8. The SMILES string of the molecule is CCCNC[C@@H](O)[C@@H](O)[C@H](O)[C@@H](O)C=O. The molecule has 0 aromatic carbocycles. The third-order valence-electron chi connectivity index (χ3n) is 2.01. The first kappa shape index (κ1) is 14.5. The molecule has 0 unspecified atom stereocenters. The number of nitrogens with one attached hydrogen (secondary N) is 1. The topological polar surface area (TPSA) is 110 Å². The molecular weight excluding hydrogens is 202 g/mol. The van der Waals surface area contributed by atoms with Crippen molar-refractivity contribution < 1.29 is 25.2 Å². The Morgan fingerprint density at radius 2 is 1.80 bits per heavy atom. The molecule has 0 rings (SSSR count). The van der Waals surface area contributed by atoms with Crippen molar-refractivity contribution in [1.82, 2.24) is 5.32 Å². The van der Waals surface area contributed by atoms with Crippen LogP contribution in [0.4, 0.5) is 0 Å². The molecule has 0 aromatic heterocycles. The number of aliphatic hydroxyl groups excluding tert-OH is 4. The van der Waals surface area contributed by atoms with Crippen molar-refractivity contribution in [2.24, 2.45) is 0 Å². The van der Waals surface area contributed by atoms with Gasteiger partial charge in [-0.3, -0.25) is 0 Å². The number of hydrogen-bond acceptors (Lipinski definition) is 6. The third kappa shape index (κ3) is 5.19. The number of rotatable bonds is 8. The van der Waals surface area contributed by atoms with Crippen LogP contribution < -0.4 is 5.32 Å². The zero-order valence-electron chi connectivity index (χ0n) is 8.71. The van der Waals surface area contributed by atoms with Crippen molar-refractivity contribution in [3.63, 3.8) is 0 Å². The molecule has 0 saturated heterocycles. The number of carbonyl (C=O) groups is 1. The van der Waals surface area contributed by atoms with E-state index in [0.717, 1.165) is 6.42 Å². The molecule has 6 heteroatoms. The molecular formula is C9H19NO5. The van der Waals surface area contributed by atoms with E-state index in [1.807, 2.05) is 6.92 Å². The van der Waals surface area contributed by atoms with E-state index in [9.17, 15) is 20.1 Å². The van der Waals surface area contributed by atoms with Crippen LogP contribution in [0.1, 0.15) is 13.3 Å². The summed E-state index contributed by atoms with van der Waals surface area (Å²) in [6.07, 6.45) is -5.12. The van der Waals surface area contributed by atoms with E-state index in [4.69, 9.17) is 5.11 Å². The van der Waals surface area contributed by atoms with Crippen molar-refractivity contribution in [2.45, 2.75) is 37.8 Å². The lowest BCUT2D eigenvalue weighted by atomic mass is 10.0. The van der Waals surface area contributed by atoms with Gasteiger partial charge in [0.1, 0.15) is 18.3 Å². The van der Waals surface area contributed by atoms with Gasteiger partial charge in [0, 0.05) is 6.54 Å². The van der Waals surface area contributed by atoms with Gasteiger partial charge in [-0.2, -0.15) is 0 Å². The van der Waals surface area contributed by atoms with Crippen LogP contribution in [0.2, 0.25) is 0 Å². The van der Waals surface area contributed by atoms with Crippen LogP contribution in [0.25, 0.3) is 0 Å². The molecule has 0 spiro atoms. The van der Waals surface area contributed by atoms with Crippen LogP contribution in [0, 0.1) is 0 Å². The fraction of sp³-hybridized carbons (Fsp3) is 0.889. The van der Waals surface area contributed by atoms with Crippen molar-refractivity contribution in [1.29, 1.82) is 0 Å². The van der Waals surface area contributed by atoms with E-state index in [0.29, 0.717) is 6.54 Å². The Labute approximate surface area is 88.5 Å². The van der Waals surface area contributed by atoms with Crippen LogP contribution >= 0.6 is 0 Å². The van der Waals surface area contributed by atoms with Gasteiger partial charge >= 0.3 is 0 Å². The van der Waals surface area contributed by atoms with E-state index >= 15 is 0 Å². The van der Waals surface area contributed by atoms with Crippen molar-refractivity contribution >= 4 is 6.29 Å². The summed E-state index contributed by atoms with van der Waals surface area (Å²) in [7, 11) is 0. The number of carbonyl (C=O) groups excluding carboxylic acids is 1. The summed E-state index contributed by atoms with van der Waals surface area (Å²) < 4.78 is 0. The predicted molar refractivity (Wildman–Crippen MR) is 53.3 cm³/mol. The first-order chi connectivity index (χ1) is 7.04. The molecule has 4 atom stereocenters. The molecule has 0 radical (unpaired) electrons. The second-order valence-corrected chi connectivity index (χ2v) is 3.38. The summed E-state index contributed by atoms with van der Waals surface area (Å²) in [5.74, 6) is 0. The highest BCUT2D eigenvalue weighted by molar-refractivity contribution is 5.56. The summed E-state index contributed by atoms with van der Waals surface area (Å²) in [6, 6.07) is 0. The highest BCUT2D eigenvalue weighted by Crippen LogP contribution is 2.03. The van der Waals surface area contributed by atoms with Crippen LogP contribution in [0.5, 0.6) is 0 Å². The Morgan fingerprint density at radius 1 is 1.20 bits per heavy atom. The fourth-order valence-electron chi connectivity index (χ4n) is 1.06. The molecule has 0 aliphatic rings.